The van der Waals surface area contributed by atoms with Gasteiger partial charge in [0.1, 0.15) is 17.4 Å². The number of nitrogens with one attached hydrogen (secondary N) is 1. The van der Waals surface area contributed by atoms with Crippen molar-refractivity contribution in [3.8, 4) is 17.4 Å². The molecule has 0 radical (unpaired) electrons. The van der Waals surface area contributed by atoms with Gasteiger partial charge in [-0.3, -0.25) is 4.79 Å². The number of nitrogens with zero attached hydrogens (tertiary/aromatic N) is 4. The second-order valence-electron chi connectivity index (χ2n) is 6.61. The molecule has 8 heteroatoms. The average molecular weight is 403 g/mol. The molecule has 0 saturated carbocycles. The third-order valence-corrected chi connectivity index (χ3v) is 4.31. The van der Waals surface area contributed by atoms with Crippen molar-refractivity contribution in [3.05, 3.63) is 89.8 Å². The number of hydrogen-bond donors (Lipinski definition) is 1. The summed E-state index contributed by atoms with van der Waals surface area (Å²) >= 11 is 0. The number of benzene rings is 2. The average Bonchev–Trinajstić information content (AvgIpc) is 3.26. The van der Waals surface area contributed by atoms with Crippen LogP contribution in [0.1, 0.15) is 21.7 Å². The monoisotopic (exact) mass is 403 g/mol. The van der Waals surface area contributed by atoms with E-state index in [1.165, 1.54) is 6.07 Å². The number of aromatic nitrogens is 4. The van der Waals surface area contributed by atoms with E-state index < -0.39 is 11.7 Å². The molecule has 0 bridgehead atoms. The Bertz CT molecular complexity index is 1190. The van der Waals surface area contributed by atoms with Gasteiger partial charge in [0.25, 0.3) is 5.91 Å². The molecule has 0 saturated heterocycles. The van der Waals surface area contributed by atoms with Gasteiger partial charge in [-0.05, 0) is 61.9 Å². The zero-order valence-electron chi connectivity index (χ0n) is 16.3. The van der Waals surface area contributed by atoms with Gasteiger partial charge in [0.05, 0.1) is 0 Å². The van der Waals surface area contributed by atoms with Gasteiger partial charge in [-0.15, -0.1) is 0 Å². The summed E-state index contributed by atoms with van der Waals surface area (Å²) in [5.74, 6) is 1.25. The lowest BCUT2D eigenvalue weighted by Crippen LogP contribution is -2.12. The largest absolute Gasteiger partial charge is 0.439 e. The minimum Gasteiger partial charge on any atom is -0.439 e. The lowest BCUT2D eigenvalue weighted by molar-refractivity contribution is 0.102. The minimum atomic E-state index is -0.416. The van der Waals surface area contributed by atoms with Crippen molar-refractivity contribution in [1.29, 1.82) is 0 Å². The highest BCUT2D eigenvalue weighted by atomic mass is 19.1. The molecule has 0 atom stereocenters. The summed E-state index contributed by atoms with van der Waals surface area (Å²) in [5, 5.41) is 6.89. The topological polar surface area (TPSA) is 81.9 Å². The highest BCUT2D eigenvalue weighted by Crippen LogP contribution is 2.23. The molecule has 4 rings (SSSR count). The van der Waals surface area contributed by atoms with E-state index >= 15 is 0 Å². The van der Waals surface area contributed by atoms with Crippen LogP contribution in [0.3, 0.4) is 0 Å². The van der Waals surface area contributed by atoms with Gasteiger partial charge >= 0.3 is 0 Å². The molecule has 150 valence electrons. The number of amides is 1. The minimum absolute atomic E-state index is 0.251. The fraction of sp³-hybridized carbons (Fsp3) is 0.0909. The Hall–Kier alpha value is -4.07. The zero-order valence-corrected chi connectivity index (χ0v) is 16.3. The third kappa shape index (κ3) is 4.33. The molecule has 0 fully saturated rings. The Balaban J connectivity index is 1.46. The molecule has 0 aliphatic rings. The molecule has 1 N–H and O–H groups in total. The van der Waals surface area contributed by atoms with Crippen LogP contribution in [0, 0.1) is 19.7 Å². The highest BCUT2D eigenvalue weighted by molar-refractivity contribution is 6.04. The molecule has 2 heterocycles. The number of ether oxygens (including phenoxy) is 1. The fourth-order valence-electron chi connectivity index (χ4n) is 2.76. The van der Waals surface area contributed by atoms with Crippen molar-refractivity contribution in [2.24, 2.45) is 0 Å². The Morgan fingerprint density at radius 2 is 1.87 bits per heavy atom. The van der Waals surface area contributed by atoms with Crippen molar-refractivity contribution < 1.29 is 13.9 Å². The van der Waals surface area contributed by atoms with Crippen LogP contribution in [0.4, 0.5) is 10.1 Å². The lowest BCUT2D eigenvalue weighted by Gasteiger charge is -2.09. The molecule has 0 spiro atoms. The third-order valence-electron chi connectivity index (χ3n) is 4.31. The summed E-state index contributed by atoms with van der Waals surface area (Å²) in [4.78, 5) is 20.9. The molecular weight excluding hydrogens is 385 g/mol. The van der Waals surface area contributed by atoms with Crippen LogP contribution in [0.5, 0.6) is 11.6 Å². The number of aryl methyl sites for hydroxylation is 2. The first kappa shape index (κ1) is 19.3. The predicted octanol–water partition coefficient (Wildman–Crippen LogP) is 4.46. The van der Waals surface area contributed by atoms with E-state index in [4.69, 9.17) is 4.74 Å². The maximum Gasteiger partial charge on any atom is 0.255 e. The van der Waals surface area contributed by atoms with Gasteiger partial charge in [-0.1, -0.05) is 6.07 Å². The van der Waals surface area contributed by atoms with Gasteiger partial charge in [-0.2, -0.15) is 10.1 Å². The van der Waals surface area contributed by atoms with Gasteiger partial charge in [-0.25, -0.2) is 14.1 Å². The number of carbonyl (C=O) groups excluding carboxylic acids is 1. The van der Waals surface area contributed by atoms with Crippen LogP contribution in [-0.4, -0.2) is 25.7 Å². The van der Waals surface area contributed by atoms with E-state index in [0.29, 0.717) is 34.5 Å². The molecule has 2 aromatic carbocycles. The first-order valence-electron chi connectivity index (χ1n) is 9.19. The lowest BCUT2D eigenvalue weighted by atomic mass is 10.1. The maximum absolute atomic E-state index is 13.7. The number of halogens is 1. The van der Waals surface area contributed by atoms with Crippen LogP contribution in [0.15, 0.2) is 67.0 Å². The van der Waals surface area contributed by atoms with E-state index in [9.17, 15) is 9.18 Å². The van der Waals surface area contributed by atoms with Gasteiger partial charge in [0, 0.05) is 29.7 Å². The molecule has 7 nitrogen and oxygen atoms in total. The Kier molecular flexibility index (Phi) is 5.21. The van der Waals surface area contributed by atoms with Crippen molar-refractivity contribution >= 4 is 11.6 Å². The molecule has 4 aromatic rings. The first-order chi connectivity index (χ1) is 14.5. The Morgan fingerprint density at radius 1 is 1.07 bits per heavy atom. The van der Waals surface area contributed by atoms with E-state index in [1.54, 1.807) is 79.5 Å². The number of carbonyl (C=O) groups is 1. The van der Waals surface area contributed by atoms with E-state index in [-0.39, 0.29) is 5.56 Å². The SMILES string of the molecule is Cc1nc(Oc2ccc(NC(=O)c3ccc(C)c(F)c3)cc2)cc(-n2cccn2)n1. The summed E-state index contributed by atoms with van der Waals surface area (Å²) in [5.41, 5.74) is 1.30. The molecule has 30 heavy (non-hydrogen) atoms. The van der Waals surface area contributed by atoms with Crippen molar-refractivity contribution in [2.75, 3.05) is 5.32 Å². The van der Waals surface area contributed by atoms with Gasteiger partial charge in [0.15, 0.2) is 5.82 Å². The van der Waals surface area contributed by atoms with Crippen LogP contribution >= 0.6 is 0 Å². The summed E-state index contributed by atoms with van der Waals surface area (Å²) in [6.07, 6.45) is 3.44. The van der Waals surface area contributed by atoms with E-state index in [0.717, 1.165) is 0 Å². The van der Waals surface area contributed by atoms with E-state index in [1.807, 2.05) is 0 Å². The highest BCUT2D eigenvalue weighted by Gasteiger charge is 2.10. The molecule has 0 aliphatic carbocycles. The van der Waals surface area contributed by atoms with Crippen molar-refractivity contribution in [2.45, 2.75) is 13.8 Å². The van der Waals surface area contributed by atoms with Crippen LogP contribution in [0.2, 0.25) is 0 Å². The predicted molar refractivity (Wildman–Crippen MR) is 109 cm³/mol. The zero-order chi connectivity index (χ0) is 21.1. The summed E-state index contributed by atoms with van der Waals surface area (Å²) < 4.78 is 21.1. The normalized spacial score (nSPS) is 10.6. The Morgan fingerprint density at radius 3 is 2.57 bits per heavy atom. The standard InChI is InChI=1S/C22H18FN5O2/c1-14-4-5-16(12-19(14)23)22(29)27-17-6-8-18(9-7-17)30-21-13-20(25-15(2)26-21)28-11-3-10-24-28/h3-13H,1-2H3,(H,27,29). The maximum atomic E-state index is 13.7. The van der Waals surface area contributed by atoms with Crippen LogP contribution in [-0.2, 0) is 0 Å². The summed E-state index contributed by atoms with van der Waals surface area (Å²) in [6.45, 7) is 3.42. The first-order valence-corrected chi connectivity index (χ1v) is 9.19. The van der Waals surface area contributed by atoms with Gasteiger partial charge < -0.3 is 10.1 Å². The second-order valence-corrected chi connectivity index (χ2v) is 6.61. The molecule has 0 aliphatic heterocycles. The Labute approximate surface area is 172 Å². The summed E-state index contributed by atoms with van der Waals surface area (Å²) in [6, 6.07) is 14.7. The smallest absolute Gasteiger partial charge is 0.255 e. The van der Waals surface area contributed by atoms with Gasteiger partial charge in [0.2, 0.25) is 5.88 Å². The van der Waals surface area contributed by atoms with Crippen LogP contribution in [0.25, 0.3) is 5.82 Å². The number of rotatable bonds is 5. The fourth-order valence-corrected chi connectivity index (χ4v) is 2.76. The number of anilines is 1. The van der Waals surface area contributed by atoms with E-state index in [2.05, 4.69) is 20.4 Å². The summed E-state index contributed by atoms with van der Waals surface area (Å²) in [7, 11) is 0. The van der Waals surface area contributed by atoms with Crippen LogP contribution < -0.4 is 10.1 Å². The molecular formula is C22H18FN5O2. The molecule has 2 aromatic heterocycles. The van der Waals surface area contributed by atoms with Crippen molar-refractivity contribution in [1.82, 2.24) is 19.7 Å². The molecule has 1 amide bonds. The molecule has 0 unspecified atom stereocenters. The second kappa shape index (κ2) is 8.12. The van der Waals surface area contributed by atoms with Crippen molar-refractivity contribution in [3.63, 3.8) is 0 Å². The number of hydrogen-bond acceptors (Lipinski definition) is 5. The quantitative estimate of drug-likeness (QED) is 0.532.